The molecule has 0 aliphatic carbocycles. The molecule has 1 aromatic heterocycles. The summed E-state index contributed by atoms with van der Waals surface area (Å²) in [7, 11) is 0. The first kappa shape index (κ1) is 13.0. The Morgan fingerprint density at radius 2 is 2.41 bits per heavy atom. The fraction of sp³-hybridized carbons (Fsp3) is 0.417. The largest absolute Gasteiger partial charge is 0.366 e. The Morgan fingerprint density at radius 3 is 2.88 bits per heavy atom. The van der Waals surface area contributed by atoms with Gasteiger partial charge in [0.15, 0.2) is 0 Å². The molecule has 0 saturated heterocycles. The van der Waals surface area contributed by atoms with Gasteiger partial charge < -0.3 is 5.32 Å². The van der Waals surface area contributed by atoms with E-state index < -0.39 is 4.92 Å². The lowest BCUT2D eigenvalue weighted by atomic mass is 10.1. The predicted molar refractivity (Wildman–Crippen MR) is 66.8 cm³/mol. The third-order valence-electron chi connectivity index (χ3n) is 2.49. The molecular weight excluding hydrogens is 218 g/mol. The zero-order valence-corrected chi connectivity index (χ0v) is 9.93. The first-order chi connectivity index (χ1) is 8.08. The van der Waals surface area contributed by atoms with Crippen molar-refractivity contribution in [3.8, 4) is 12.3 Å². The molecular formula is C12H15N3O2. The molecule has 1 heterocycles. The molecule has 1 aromatic rings. The molecule has 0 bridgehead atoms. The van der Waals surface area contributed by atoms with Crippen LogP contribution in [0, 0.1) is 29.4 Å². The summed E-state index contributed by atoms with van der Waals surface area (Å²) in [5.41, 5.74) is 0.614. The van der Waals surface area contributed by atoms with Gasteiger partial charge in [0.1, 0.15) is 12.0 Å². The molecule has 0 amide bonds. The summed E-state index contributed by atoms with van der Waals surface area (Å²) in [4.78, 5) is 14.2. The van der Waals surface area contributed by atoms with E-state index in [1.807, 2.05) is 6.92 Å². The van der Waals surface area contributed by atoms with Crippen molar-refractivity contribution >= 4 is 11.5 Å². The van der Waals surface area contributed by atoms with E-state index in [9.17, 15) is 10.1 Å². The fourth-order valence-electron chi connectivity index (χ4n) is 1.47. The number of nitro groups is 1. The second-order valence-corrected chi connectivity index (χ2v) is 3.77. The van der Waals surface area contributed by atoms with E-state index in [1.165, 1.54) is 6.20 Å². The third-order valence-corrected chi connectivity index (χ3v) is 2.49. The highest BCUT2D eigenvalue weighted by atomic mass is 16.6. The zero-order chi connectivity index (χ0) is 12.8. The minimum atomic E-state index is -0.440. The molecule has 0 saturated carbocycles. The summed E-state index contributed by atoms with van der Waals surface area (Å²) in [6, 6.07) is 1.81. The van der Waals surface area contributed by atoms with Crippen LogP contribution in [0.15, 0.2) is 12.3 Å². The monoisotopic (exact) mass is 233 g/mol. The Hall–Kier alpha value is -2.09. The molecule has 1 atom stereocenters. The van der Waals surface area contributed by atoms with Gasteiger partial charge in [0.2, 0.25) is 0 Å². The maximum atomic E-state index is 10.6. The highest BCUT2D eigenvalue weighted by Crippen LogP contribution is 2.19. The lowest BCUT2D eigenvalue weighted by Crippen LogP contribution is -2.18. The van der Waals surface area contributed by atoms with Crippen molar-refractivity contribution in [2.24, 2.45) is 0 Å². The highest BCUT2D eigenvalue weighted by molar-refractivity contribution is 5.47. The van der Waals surface area contributed by atoms with Gasteiger partial charge in [-0.1, -0.05) is 6.92 Å². The maximum Gasteiger partial charge on any atom is 0.290 e. The topological polar surface area (TPSA) is 68.1 Å². The Morgan fingerprint density at radius 1 is 1.71 bits per heavy atom. The van der Waals surface area contributed by atoms with Crippen molar-refractivity contribution in [2.75, 3.05) is 5.32 Å². The van der Waals surface area contributed by atoms with Crippen LogP contribution >= 0.6 is 0 Å². The minimum absolute atomic E-state index is 0.0283. The van der Waals surface area contributed by atoms with Crippen LogP contribution in [0.2, 0.25) is 0 Å². The molecule has 5 heteroatoms. The van der Waals surface area contributed by atoms with Gasteiger partial charge in [-0.05, 0) is 19.4 Å². The van der Waals surface area contributed by atoms with E-state index in [0.29, 0.717) is 17.8 Å². The van der Waals surface area contributed by atoms with Crippen LogP contribution in [-0.4, -0.2) is 15.9 Å². The lowest BCUT2D eigenvalue weighted by Gasteiger charge is -2.14. The third kappa shape index (κ3) is 3.45. The Kier molecular flexibility index (Phi) is 4.46. The normalized spacial score (nSPS) is 11.6. The number of pyridine rings is 1. The van der Waals surface area contributed by atoms with Crippen LogP contribution in [0.4, 0.5) is 11.5 Å². The molecule has 0 aliphatic heterocycles. The zero-order valence-electron chi connectivity index (χ0n) is 9.93. The second kappa shape index (κ2) is 5.85. The van der Waals surface area contributed by atoms with Gasteiger partial charge in [-0.2, -0.15) is 0 Å². The van der Waals surface area contributed by atoms with Gasteiger partial charge in [-0.25, -0.2) is 4.98 Å². The van der Waals surface area contributed by atoms with Crippen LogP contribution in [0.3, 0.4) is 0 Å². The van der Waals surface area contributed by atoms with Gasteiger partial charge >= 0.3 is 0 Å². The van der Waals surface area contributed by atoms with Crippen molar-refractivity contribution in [1.82, 2.24) is 4.98 Å². The number of hydrogen-bond donors (Lipinski definition) is 1. The van der Waals surface area contributed by atoms with Crippen molar-refractivity contribution < 1.29 is 4.92 Å². The number of terminal acetylenes is 1. The van der Waals surface area contributed by atoms with Crippen molar-refractivity contribution in [3.63, 3.8) is 0 Å². The summed E-state index contributed by atoms with van der Waals surface area (Å²) in [5.74, 6) is 3.21. The van der Waals surface area contributed by atoms with Crippen molar-refractivity contribution in [2.45, 2.75) is 32.7 Å². The van der Waals surface area contributed by atoms with Crippen LogP contribution in [-0.2, 0) is 0 Å². The minimum Gasteiger partial charge on any atom is -0.366 e. The molecule has 0 spiro atoms. The quantitative estimate of drug-likeness (QED) is 0.482. The molecule has 1 rings (SSSR count). The molecule has 0 aromatic carbocycles. The molecule has 1 unspecified atom stereocenters. The molecule has 1 N–H and O–H groups in total. The summed E-state index contributed by atoms with van der Waals surface area (Å²) in [6.07, 6.45) is 8.00. The van der Waals surface area contributed by atoms with Crippen molar-refractivity contribution in [1.29, 1.82) is 0 Å². The number of nitrogens with zero attached hydrogens (tertiary/aromatic N) is 2. The van der Waals surface area contributed by atoms with E-state index >= 15 is 0 Å². The van der Waals surface area contributed by atoms with Crippen LogP contribution in [0.25, 0.3) is 0 Å². The number of rotatable bonds is 5. The van der Waals surface area contributed by atoms with Gasteiger partial charge in [-0.3, -0.25) is 10.1 Å². The first-order valence-electron chi connectivity index (χ1n) is 5.39. The van der Waals surface area contributed by atoms with E-state index in [-0.39, 0.29) is 11.7 Å². The van der Waals surface area contributed by atoms with Crippen molar-refractivity contribution in [3.05, 3.63) is 27.9 Å². The first-order valence-corrected chi connectivity index (χ1v) is 5.39. The van der Waals surface area contributed by atoms with Gasteiger partial charge in [0.05, 0.1) is 4.92 Å². The maximum absolute atomic E-state index is 10.6. The predicted octanol–water partition coefficient (Wildman–Crippen LogP) is 2.51. The summed E-state index contributed by atoms with van der Waals surface area (Å²) in [5, 5.41) is 13.8. The summed E-state index contributed by atoms with van der Waals surface area (Å²) >= 11 is 0. The standard InChI is InChI=1S/C12H15N3O2/c1-4-6-10(5-2)14-12-7-9(3)11(8-13-12)15(16)17/h1,7-8,10H,5-6H2,2-3H3,(H,13,14). The number of aromatic nitrogens is 1. The van der Waals surface area contributed by atoms with Gasteiger partial charge in [0, 0.05) is 18.0 Å². The lowest BCUT2D eigenvalue weighted by molar-refractivity contribution is -0.385. The molecule has 0 aliphatic rings. The van der Waals surface area contributed by atoms with Crippen LogP contribution in [0.1, 0.15) is 25.3 Å². The van der Waals surface area contributed by atoms with E-state index in [2.05, 4.69) is 16.2 Å². The van der Waals surface area contributed by atoms with E-state index in [0.717, 1.165) is 6.42 Å². The smallest absolute Gasteiger partial charge is 0.290 e. The van der Waals surface area contributed by atoms with E-state index in [1.54, 1.807) is 13.0 Å². The average Bonchev–Trinajstić information content (AvgIpc) is 2.28. The Bertz CT molecular complexity index is 452. The number of aryl methyl sites for hydroxylation is 1. The van der Waals surface area contributed by atoms with Crippen LogP contribution < -0.4 is 5.32 Å². The average molecular weight is 233 g/mol. The number of anilines is 1. The molecule has 5 nitrogen and oxygen atoms in total. The van der Waals surface area contributed by atoms with Crippen LogP contribution in [0.5, 0.6) is 0 Å². The summed E-state index contributed by atoms with van der Waals surface area (Å²) < 4.78 is 0. The summed E-state index contributed by atoms with van der Waals surface area (Å²) in [6.45, 7) is 3.71. The molecule has 0 radical (unpaired) electrons. The number of hydrogen-bond acceptors (Lipinski definition) is 4. The molecule has 90 valence electrons. The molecule has 0 fully saturated rings. The van der Waals surface area contributed by atoms with Gasteiger partial charge in [0.25, 0.3) is 5.69 Å². The fourth-order valence-corrected chi connectivity index (χ4v) is 1.47. The Balaban J connectivity index is 2.84. The SMILES string of the molecule is C#CCC(CC)Nc1cc(C)c([N+](=O)[O-])cn1. The van der Waals surface area contributed by atoms with Gasteiger partial charge in [-0.15, -0.1) is 12.3 Å². The second-order valence-electron chi connectivity index (χ2n) is 3.77. The van der Waals surface area contributed by atoms with E-state index in [4.69, 9.17) is 6.42 Å². The number of nitrogens with one attached hydrogen (secondary N) is 1. The molecule has 17 heavy (non-hydrogen) atoms. The highest BCUT2D eigenvalue weighted by Gasteiger charge is 2.12. The Labute approximate surface area is 100 Å².